The molecule has 31 heavy (non-hydrogen) atoms. The van der Waals surface area contributed by atoms with Crippen molar-refractivity contribution in [1.29, 1.82) is 0 Å². The summed E-state index contributed by atoms with van der Waals surface area (Å²) in [6.07, 6.45) is 0.770. The lowest BCUT2D eigenvalue weighted by Gasteiger charge is -2.30. The maximum atomic E-state index is 13.3. The number of halogens is 1. The molecule has 0 spiro atoms. The molecule has 168 valence electrons. The molecular weight excluding hydrogens is 442 g/mol. The van der Waals surface area contributed by atoms with Crippen LogP contribution in [0.2, 0.25) is 5.02 Å². The Hall–Kier alpha value is -2.36. The highest BCUT2D eigenvalue weighted by Gasteiger charge is 2.37. The zero-order valence-corrected chi connectivity index (χ0v) is 19.3. The molecule has 0 bridgehead atoms. The molecular formula is C21H26ClN3O5S. The van der Waals surface area contributed by atoms with E-state index in [0.717, 1.165) is 0 Å². The van der Waals surface area contributed by atoms with Gasteiger partial charge >= 0.3 is 5.97 Å². The van der Waals surface area contributed by atoms with E-state index in [-0.39, 0.29) is 42.0 Å². The summed E-state index contributed by atoms with van der Waals surface area (Å²) < 4.78 is 33.1. The number of amides is 1. The monoisotopic (exact) mass is 467 g/mol. The molecule has 0 saturated carbocycles. The zero-order valence-electron chi connectivity index (χ0n) is 17.7. The Balaban J connectivity index is 1.72. The van der Waals surface area contributed by atoms with Crippen LogP contribution in [0.5, 0.6) is 0 Å². The summed E-state index contributed by atoms with van der Waals surface area (Å²) in [5.41, 5.74) is 1.53. The van der Waals surface area contributed by atoms with E-state index in [1.807, 2.05) is 0 Å². The minimum Gasteiger partial charge on any atom is -0.462 e. The van der Waals surface area contributed by atoms with Gasteiger partial charge < -0.3 is 15.0 Å². The number of aromatic amines is 1. The number of rotatable bonds is 6. The molecule has 2 N–H and O–H groups in total. The van der Waals surface area contributed by atoms with Gasteiger partial charge in [0.25, 0.3) is 0 Å². The first-order valence-electron chi connectivity index (χ1n) is 10.1. The Morgan fingerprint density at radius 3 is 2.35 bits per heavy atom. The van der Waals surface area contributed by atoms with Crippen molar-refractivity contribution in [3.05, 3.63) is 46.2 Å². The lowest BCUT2D eigenvalue weighted by atomic mass is 9.97. The average molecular weight is 468 g/mol. The van der Waals surface area contributed by atoms with Crippen LogP contribution in [-0.2, 0) is 19.6 Å². The number of anilines is 1. The number of esters is 1. The summed E-state index contributed by atoms with van der Waals surface area (Å²) in [5.74, 6) is -1.12. The highest BCUT2D eigenvalue weighted by molar-refractivity contribution is 7.89. The Morgan fingerprint density at radius 2 is 1.77 bits per heavy atom. The van der Waals surface area contributed by atoms with Crippen LogP contribution in [0.25, 0.3) is 0 Å². The SMILES string of the molecule is CCOC(=O)c1c(C)[nH]c(C)c1S(=O)(=O)N1CCC(C(=O)Nc2ccc(Cl)cc2)CC1. The van der Waals surface area contributed by atoms with Gasteiger partial charge in [-0.25, -0.2) is 13.2 Å². The first-order valence-corrected chi connectivity index (χ1v) is 11.9. The average Bonchev–Trinajstić information content (AvgIpc) is 3.04. The number of hydrogen-bond acceptors (Lipinski definition) is 5. The van der Waals surface area contributed by atoms with E-state index in [1.54, 1.807) is 45.0 Å². The molecule has 0 atom stereocenters. The van der Waals surface area contributed by atoms with Gasteiger partial charge in [0, 0.05) is 41.1 Å². The molecule has 1 saturated heterocycles. The van der Waals surface area contributed by atoms with Crippen LogP contribution < -0.4 is 5.32 Å². The minimum absolute atomic E-state index is 0.0435. The number of H-pyrrole nitrogens is 1. The van der Waals surface area contributed by atoms with Gasteiger partial charge in [-0.1, -0.05) is 11.6 Å². The smallest absolute Gasteiger partial charge is 0.341 e. The van der Waals surface area contributed by atoms with Crippen molar-refractivity contribution in [3.8, 4) is 0 Å². The van der Waals surface area contributed by atoms with Crippen LogP contribution in [-0.4, -0.2) is 49.3 Å². The lowest BCUT2D eigenvalue weighted by Crippen LogP contribution is -2.41. The van der Waals surface area contributed by atoms with Gasteiger partial charge in [-0.15, -0.1) is 0 Å². The van der Waals surface area contributed by atoms with E-state index in [4.69, 9.17) is 16.3 Å². The van der Waals surface area contributed by atoms with Gasteiger partial charge in [-0.05, 0) is 57.9 Å². The molecule has 1 aliphatic rings. The van der Waals surface area contributed by atoms with Crippen molar-refractivity contribution < 1.29 is 22.7 Å². The van der Waals surface area contributed by atoms with Crippen molar-refractivity contribution in [2.45, 2.75) is 38.5 Å². The molecule has 8 nitrogen and oxygen atoms in total. The third kappa shape index (κ3) is 4.94. The van der Waals surface area contributed by atoms with E-state index in [2.05, 4.69) is 10.3 Å². The fraction of sp³-hybridized carbons (Fsp3) is 0.429. The third-order valence-corrected chi connectivity index (χ3v) is 7.65. The summed E-state index contributed by atoms with van der Waals surface area (Å²) >= 11 is 5.86. The number of nitrogens with one attached hydrogen (secondary N) is 2. The van der Waals surface area contributed by atoms with Crippen molar-refractivity contribution in [1.82, 2.24) is 9.29 Å². The molecule has 1 fully saturated rings. The molecule has 1 aromatic carbocycles. The maximum absolute atomic E-state index is 13.3. The quantitative estimate of drug-likeness (QED) is 0.632. The molecule has 0 radical (unpaired) electrons. The second-order valence-electron chi connectivity index (χ2n) is 7.47. The second kappa shape index (κ2) is 9.42. The first-order chi connectivity index (χ1) is 14.6. The molecule has 0 unspecified atom stereocenters. The molecule has 2 heterocycles. The van der Waals surface area contributed by atoms with Crippen LogP contribution in [0.3, 0.4) is 0 Å². The summed E-state index contributed by atoms with van der Waals surface area (Å²) in [6, 6.07) is 6.81. The van der Waals surface area contributed by atoms with E-state index in [1.165, 1.54) is 4.31 Å². The molecule has 1 aromatic heterocycles. The molecule has 10 heteroatoms. The van der Waals surface area contributed by atoms with E-state index in [9.17, 15) is 18.0 Å². The molecule has 1 amide bonds. The van der Waals surface area contributed by atoms with Crippen molar-refractivity contribution >= 4 is 39.2 Å². The van der Waals surface area contributed by atoms with E-state index >= 15 is 0 Å². The number of aromatic nitrogens is 1. The summed E-state index contributed by atoms with van der Waals surface area (Å²) in [4.78, 5) is 27.8. The number of piperidine rings is 1. The summed E-state index contributed by atoms with van der Waals surface area (Å²) in [7, 11) is -3.92. The van der Waals surface area contributed by atoms with Gasteiger partial charge in [-0.2, -0.15) is 4.31 Å². The Labute approximate surface area is 187 Å². The third-order valence-electron chi connectivity index (χ3n) is 5.33. The highest BCUT2D eigenvalue weighted by atomic mass is 35.5. The van der Waals surface area contributed by atoms with Crippen LogP contribution in [0.1, 0.15) is 41.5 Å². The topological polar surface area (TPSA) is 109 Å². The molecule has 3 rings (SSSR count). The molecule has 1 aliphatic heterocycles. The van der Waals surface area contributed by atoms with Crippen molar-refractivity contribution in [3.63, 3.8) is 0 Å². The number of benzene rings is 1. The van der Waals surface area contributed by atoms with Crippen LogP contribution in [0.15, 0.2) is 29.2 Å². The minimum atomic E-state index is -3.92. The van der Waals surface area contributed by atoms with Gasteiger partial charge in [-0.3, -0.25) is 4.79 Å². The van der Waals surface area contributed by atoms with E-state index in [0.29, 0.717) is 34.9 Å². The number of carbonyl (C=O) groups is 2. The Bertz CT molecular complexity index is 1070. The van der Waals surface area contributed by atoms with Crippen molar-refractivity contribution in [2.75, 3.05) is 25.0 Å². The first kappa shape index (κ1) is 23.3. The number of hydrogen-bond donors (Lipinski definition) is 2. The van der Waals surface area contributed by atoms with Crippen LogP contribution in [0.4, 0.5) is 5.69 Å². The maximum Gasteiger partial charge on any atom is 0.341 e. The van der Waals surface area contributed by atoms with Crippen molar-refractivity contribution in [2.24, 2.45) is 5.92 Å². The second-order valence-corrected chi connectivity index (χ2v) is 9.79. The summed E-state index contributed by atoms with van der Waals surface area (Å²) in [6.45, 7) is 5.46. The lowest BCUT2D eigenvalue weighted by molar-refractivity contribution is -0.120. The standard InChI is InChI=1S/C21H26ClN3O5S/c1-4-30-21(27)18-13(2)23-14(3)19(18)31(28,29)25-11-9-15(10-12-25)20(26)24-17-7-5-16(22)6-8-17/h5-8,15,23H,4,9-12H2,1-3H3,(H,24,26). The number of nitrogens with zero attached hydrogens (tertiary/aromatic N) is 1. The van der Waals surface area contributed by atoms with E-state index < -0.39 is 16.0 Å². The number of sulfonamides is 1. The molecule has 2 aromatic rings. The fourth-order valence-electron chi connectivity index (χ4n) is 3.79. The Kier molecular flexibility index (Phi) is 7.08. The summed E-state index contributed by atoms with van der Waals surface area (Å²) in [5, 5.41) is 3.42. The largest absolute Gasteiger partial charge is 0.462 e. The van der Waals surface area contributed by atoms with Gasteiger partial charge in [0.2, 0.25) is 15.9 Å². The van der Waals surface area contributed by atoms with Crippen LogP contribution in [0, 0.1) is 19.8 Å². The number of carbonyl (C=O) groups excluding carboxylic acids is 2. The highest BCUT2D eigenvalue weighted by Crippen LogP contribution is 2.31. The predicted molar refractivity (Wildman–Crippen MR) is 118 cm³/mol. The number of ether oxygens (including phenoxy) is 1. The van der Waals surface area contributed by atoms with Gasteiger partial charge in [0.1, 0.15) is 10.5 Å². The fourth-order valence-corrected chi connectivity index (χ4v) is 5.80. The number of aryl methyl sites for hydroxylation is 2. The Morgan fingerprint density at radius 1 is 1.16 bits per heavy atom. The van der Waals surface area contributed by atoms with Gasteiger partial charge in [0.15, 0.2) is 0 Å². The molecule has 0 aliphatic carbocycles. The normalized spacial score (nSPS) is 15.6. The van der Waals surface area contributed by atoms with Gasteiger partial charge in [0.05, 0.1) is 6.61 Å². The zero-order chi connectivity index (χ0) is 22.8. The van der Waals surface area contributed by atoms with Crippen LogP contribution >= 0.6 is 11.6 Å². The predicted octanol–water partition coefficient (Wildman–Crippen LogP) is 3.50.